The molecule has 0 spiro atoms. The Bertz CT molecular complexity index is 1460. The van der Waals surface area contributed by atoms with Crippen molar-refractivity contribution in [2.24, 2.45) is 7.05 Å². The largest absolute Gasteiger partial charge is 0.481 e. The van der Waals surface area contributed by atoms with E-state index in [2.05, 4.69) is 25.5 Å². The summed E-state index contributed by atoms with van der Waals surface area (Å²) in [6.07, 6.45) is -2.60. The van der Waals surface area contributed by atoms with E-state index in [0.717, 1.165) is 35.2 Å². The molecular weight excluding hydrogens is 561 g/mol. The van der Waals surface area contributed by atoms with Crippen molar-refractivity contribution in [3.05, 3.63) is 65.1 Å². The molecule has 198 valence electrons. The highest BCUT2D eigenvalue weighted by molar-refractivity contribution is 7.99. The fraction of sp³-hybridized carbons (Fsp3) is 0.217. The van der Waals surface area contributed by atoms with E-state index < -0.39 is 29.5 Å². The minimum absolute atomic E-state index is 0.0177. The van der Waals surface area contributed by atoms with E-state index >= 15 is 0 Å². The van der Waals surface area contributed by atoms with Gasteiger partial charge in [-0.15, -0.1) is 21.5 Å². The van der Waals surface area contributed by atoms with Crippen LogP contribution in [0.2, 0.25) is 0 Å². The molecule has 9 nitrogen and oxygen atoms in total. The third-order valence-corrected chi connectivity index (χ3v) is 7.95. The lowest BCUT2D eigenvalue weighted by Gasteiger charge is -2.11. The number of anilines is 1. The van der Waals surface area contributed by atoms with Gasteiger partial charge in [-0.2, -0.15) is 13.2 Å². The maximum atomic E-state index is 13.3. The van der Waals surface area contributed by atoms with Crippen molar-refractivity contribution in [1.82, 2.24) is 24.7 Å². The molecule has 4 aromatic rings. The normalized spacial score (nSPS) is 12.3. The number of carbonyl (C=O) groups is 2. The number of carbonyl (C=O) groups excluding carboxylic acids is 1. The van der Waals surface area contributed by atoms with Crippen molar-refractivity contribution in [3.8, 4) is 0 Å². The van der Waals surface area contributed by atoms with Crippen LogP contribution >= 0.6 is 34.9 Å². The number of aryl methyl sites for hydroxylation is 1. The zero-order chi connectivity index (χ0) is 27.4. The third-order valence-electron chi connectivity index (χ3n) is 5.13. The van der Waals surface area contributed by atoms with Gasteiger partial charge < -0.3 is 9.67 Å². The fourth-order valence-corrected chi connectivity index (χ4v) is 5.59. The Labute approximate surface area is 226 Å². The number of carboxylic acid groups (broad SMARTS) is 1. The monoisotopic (exact) mass is 580 g/mol. The zero-order valence-electron chi connectivity index (χ0n) is 19.8. The van der Waals surface area contributed by atoms with E-state index in [1.807, 2.05) is 0 Å². The molecule has 38 heavy (non-hydrogen) atoms. The first-order valence-electron chi connectivity index (χ1n) is 10.9. The van der Waals surface area contributed by atoms with Crippen LogP contribution in [0.5, 0.6) is 0 Å². The molecule has 3 heterocycles. The summed E-state index contributed by atoms with van der Waals surface area (Å²) in [5, 5.41) is 22.6. The number of alkyl halides is 3. The second kappa shape index (κ2) is 11.5. The number of aromatic nitrogens is 5. The number of hydrogen-bond acceptors (Lipinski definition) is 9. The van der Waals surface area contributed by atoms with Gasteiger partial charge in [0.15, 0.2) is 10.3 Å². The van der Waals surface area contributed by atoms with E-state index in [4.69, 9.17) is 0 Å². The molecule has 0 aliphatic carbocycles. The van der Waals surface area contributed by atoms with Crippen LogP contribution in [0.4, 0.5) is 18.3 Å². The molecule has 0 saturated heterocycles. The van der Waals surface area contributed by atoms with Crippen LogP contribution in [-0.2, 0) is 18.0 Å². The van der Waals surface area contributed by atoms with Crippen LogP contribution in [0.15, 0.2) is 68.1 Å². The summed E-state index contributed by atoms with van der Waals surface area (Å²) in [6.45, 7) is 1.73. The van der Waals surface area contributed by atoms with Crippen molar-refractivity contribution in [2.75, 3.05) is 5.32 Å². The molecule has 0 bridgehead atoms. The highest BCUT2D eigenvalue weighted by atomic mass is 32.2. The van der Waals surface area contributed by atoms with Gasteiger partial charge in [-0.1, -0.05) is 18.7 Å². The van der Waals surface area contributed by atoms with E-state index in [9.17, 15) is 27.9 Å². The molecule has 0 radical (unpaired) electrons. The number of carboxylic acids is 1. The van der Waals surface area contributed by atoms with Gasteiger partial charge >= 0.3 is 12.1 Å². The Kier molecular flexibility index (Phi) is 8.38. The molecule has 1 unspecified atom stereocenters. The van der Waals surface area contributed by atoms with Crippen molar-refractivity contribution in [2.45, 2.75) is 45.4 Å². The fourth-order valence-electron chi connectivity index (χ4n) is 3.20. The quantitative estimate of drug-likeness (QED) is 0.252. The number of benzene rings is 1. The summed E-state index contributed by atoms with van der Waals surface area (Å²) < 4.78 is 40.5. The topological polar surface area (TPSA) is 123 Å². The Morgan fingerprint density at radius 1 is 1.13 bits per heavy atom. The average molecular weight is 581 g/mol. The number of amides is 1. The Morgan fingerprint density at radius 3 is 2.47 bits per heavy atom. The summed E-state index contributed by atoms with van der Waals surface area (Å²) in [6, 6.07) is 7.90. The molecule has 0 fully saturated rings. The summed E-state index contributed by atoms with van der Waals surface area (Å²) in [4.78, 5) is 34.3. The highest BCUT2D eigenvalue weighted by Crippen LogP contribution is 2.36. The van der Waals surface area contributed by atoms with E-state index in [0.29, 0.717) is 32.1 Å². The molecule has 3 aromatic heterocycles. The Balaban J connectivity index is 1.63. The lowest BCUT2D eigenvalue weighted by Crippen LogP contribution is -2.16. The number of nitrogens with zero attached hydrogens (tertiary/aromatic N) is 5. The van der Waals surface area contributed by atoms with Crippen molar-refractivity contribution in [3.63, 3.8) is 0 Å². The van der Waals surface area contributed by atoms with Crippen LogP contribution in [0.3, 0.4) is 0 Å². The number of pyridine rings is 1. The molecule has 0 saturated carbocycles. The molecule has 1 amide bonds. The van der Waals surface area contributed by atoms with Crippen LogP contribution in [0.1, 0.15) is 41.0 Å². The lowest BCUT2D eigenvalue weighted by molar-refractivity contribution is -0.139. The van der Waals surface area contributed by atoms with Crippen LogP contribution < -0.4 is 5.32 Å². The highest BCUT2D eigenvalue weighted by Gasteiger charge is 2.30. The molecule has 1 atom stereocenters. The number of halogens is 3. The molecular formula is C23H19F3N6O3S3. The molecule has 0 aliphatic heterocycles. The van der Waals surface area contributed by atoms with E-state index in [1.165, 1.54) is 30.2 Å². The predicted molar refractivity (Wildman–Crippen MR) is 136 cm³/mol. The van der Waals surface area contributed by atoms with Crippen molar-refractivity contribution < 1.29 is 27.9 Å². The second-order valence-corrected chi connectivity index (χ2v) is 10.7. The van der Waals surface area contributed by atoms with Gasteiger partial charge in [0, 0.05) is 22.2 Å². The predicted octanol–water partition coefficient (Wildman–Crippen LogP) is 5.82. The SMILES string of the molecule is CCC(C(=O)O)c1csc(NC(=O)c2nc(Sc3nncn3C)ccc2Sc2ccc(C(F)(F)F)cc2)n1. The maximum Gasteiger partial charge on any atom is 0.416 e. The summed E-state index contributed by atoms with van der Waals surface area (Å²) in [7, 11) is 1.76. The van der Waals surface area contributed by atoms with Crippen LogP contribution in [-0.4, -0.2) is 41.7 Å². The van der Waals surface area contributed by atoms with Crippen LogP contribution in [0.25, 0.3) is 0 Å². The minimum atomic E-state index is -4.46. The zero-order valence-corrected chi connectivity index (χ0v) is 22.2. The number of nitrogens with one attached hydrogen (secondary N) is 1. The number of hydrogen-bond donors (Lipinski definition) is 2. The van der Waals surface area contributed by atoms with Crippen molar-refractivity contribution in [1.29, 1.82) is 0 Å². The van der Waals surface area contributed by atoms with Gasteiger partial charge in [-0.05, 0) is 54.6 Å². The van der Waals surface area contributed by atoms with Crippen LogP contribution in [0, 0.1) is 0 Å². The summed E-state index contributed by atoms with van der Waals surface area (Å²) in [5.41, 5.74) is -0.428. The van der Waals surface area contributed by atoms with Crippen molar-refractivity contribution >= 4 is 51.9 Å². The second-order valence-electron chi connectivity index (χ2n) is 7.78. The van der Waals surface area contributed by atoms with Gasteiger partial charge in [-0.3, -0.25) is 14.9 Å². The van der Waals surface area contributed by atoms with Gasteiger partial charge in [0.1, 0.15) is 17.0 Å². The van der Waals surface area contributed by atoms with E-state index in [-0.39, 0.29) is 10.8 Å². The molecule has 2 N–H and O–H groups in total. The number of thiazole rings is 1. The van der Waals surface area contributed by atoms with Gasteiger partial charge in [0.05, 0.1) is 17.2 Å². The molecule has 15 heteroatoms. The first-order valence-corrected chi connectivity index (χ1v) is 13.4. The minimum Gasteiger partial charge on any atom is -0.481 e. The number of rotatable bonds is 9. The lowest BCUT2D eigenvalue weighted by atomic mass is 10.0. The first kappa shape index (κ1) is 27.6. The average Bonchev–Trinajstić information content (AvgIpc) is 3.48. The van der Waals surface area contributed by atoms with Gasteiger partial charge in [0.2, 0.25) is 0 Å². The van der Waals surface area contributed by atoms with E-state index in [1.54, 1.807) is 36.1 Å². The third kappa shape index (κ3) is 6.52. The molecule has 0 aliphatic rings. The molecule has 4 rings (SSSR count). The Hall–Kier alpha value is -3.43. The smallest absolute Gasteiger partial charge is 0.416 e. The summed E-state index contributed by atoms with van der Waals surface area (Å²) >= 11 is 3.34. The van der Waals surface area contributed by atoms with Gasteiger partial charge in [0.25, 0.3) is 5.91 Å². The first-order chi connectivity index (χ1) is 18.0. The molecule has 1 aromatic carbocycles. The van der Waals surface area contributed by atoms with Gasteiger partial charge in [-0.25, -0.2) is 9.97 Å². The number of aliphatic carboxylic acids is 1. The maximum absolute atomic E-state index is 13.3. The summed E-state index contributed by atoms with van der Waals surface area (Å²) in [5.74, 6) is -2.42. The standard InChI is InChI=1S/C23H19F3N6O3S3/c1-3-14(20(34)35)15-10-36-21(28-15)30-19(33)18-16(37-13-6-4-12(5-7-13)23(24,25)26)8-9-17(29-18)38-22-31-27-11-32(22)2/h4-11,14H,3H2,1-2H3,(H,34,35)(H,28,30,33). The Morgan fingerprint density at radius 2 is 1.87 bits per heavy atom.